The van der Waals surface area contributed by atoms with Gasteiger partial charge in [-0.1, -0.05) is 0 Å². The highest BCUT2D eigenvalue weighted by Crippen LogP contribution is 2.25. The maximum Gasteiger partial charge on any atom is 0.201 e. The predicted molar refractivity (Wildman–Crippen MR) is 84.2 cm³/mol. The van der Waals surface area contributed by atoms with Gasteiger partial charge < -0.3 is 15.2 Å². The lowest BCUT2D eigenvalue weighted by Gasteiger charge is -2.21. The number of anilines is 1. The molecule has 0 fully saturated rings. The zero-order valence-electron chi connectivity index (χ0n) is 12.0. The minimum atomic E-state index is -0.318. The van der Waals surface area contributed by atoms with E-state index in [4.69, 9.17) is 5.73 Å². The van der Waals surface area contributed by atoms with Crippen molar-refractivity contribution in [1.29, 1.82) is 0 Å². The molecule has 1 aromatic carbocycles. The number of nitrogens with two attached hydrogens (primary N) is 1. The van der Waals surface area contributed by atoms with Crippen molar-refractivity contribution in [2.45, 2.75) is 32.9 Å². The summed E-state index contributed by atoms with van der Waals surface area (Å²) in [7, 11) is 2.10. The first-order chi connectivity index (χ1) is 9.40. The van der Waals surface area contributed by atoms with Gasteiger partial charge in [-0.3, -0.25) is 0 Å². The van der Waals surface area contributed by atoms with Crippen molar-refractivity contribution in [3.05, 3.63) is 22.4 Å². The van der Waals surface area contributed by atoms with E-state index in [1.807, 2.05) is 4.57 Å². The molecule has 6 heteroatoms. The van der Waals surface area contributed by atoms with Gasteiger partial charge in [0.25, 0.3) is 0 Å². The normalized spacial score (nSPS) is 11.9. The Morgan fingerprint density at radius 2 is 2.15 bits per heavy atom. The number of imidazole rings is 1. The highest BCUT2D eigenvalue weighted by atomic mass is 79.9. The summed E-state index contributed by atoms with van der Waals surface area (Å²) in [6.07, 6.45) is 0.972. The summed E-state index contributed by atoms with van der Waals surface area (Å²) < 4.78 is 15.9. The summed E-state index contributed by atoms with van der Waals surface area (Å²) in [6.45, 7) is 6.10. The predicted octanol–water partition coefficient (Wildman–Crippen LogP) is 3.25. The molecule has 0 atom stereocenters. The van der Waals surface area contributed by atoms with Crippen LogP contribution in [-0.2, 0) is 6.54 Å². The van der Waals surface area contributed by atoms with Crippen LogP contribution < -0.4 is 5.73 Å². The molecule has 1 heterocycles. The topological polar surface area (TPSA) is 47.1 Å². The molecule has 110 valence electrons. The van der Waals surface area contributed by atoms with E-state index in [1.165, 1.54) is 6.07 Å². The number of aromatic nitrogens is 2. The maximum absolute atomic E-state index is 13.5. The summed E-state index contributed by atoms with van der Waals surface area (Å²) in [5.74, 6) is 0.117. The van der Waals surface area contributed by atoms with Gasteiger partial charge in [-0.2, -0.15) is 0 Å². The molecule has 0 aliphatic rings. The smallest absolute Gasteiger partial charge is 0.201 e. The fraction of sp³-hybridized carbons (Fsp3) is 0.500. The summed E-state index contributed by atoms with van der Waals surface area (Å²) >= 11 is 3.21. The lowest BCUT2D eigenvalue weighted by molar-refractivity contribution is 0.266. The Balaban J connectivity index is 2.17. The first kappa shape index (κ1) is 15.3. The molecule has 1 aromatic heterocycles. The number of aryl methyl sites for hydroxylation is 1. The van der Waals surface area contributed by atoms with E-state index >= 15 is 0 Å². The molecule has 0 radical (unpaired) electrons. The Hall–Kier alpha value is -1.14. The standard InChI is InChI=1S/C14H20BrFN4/c1-9(2)19(3)5-4-6-20-13-7-10(15)11(16)8-12(13)18-14(20)17/h7-9H,4-6H2,1-3H3,(H2,17,18). The molecule has 0 unspecified atom stereocenters. The van der Waals surface area contributed by atoms with Crippen LogP contribution in [0.5, 0.6) is 0 Å². The first-order valence-electron chi connectivity index (χ1n) is 6.71. The van der Waals surface area contributed by atoms with Crippen LogP contribution in [-0.4, -0.2) is 34.1 Å². The second-order valence-corrected chi connectivity index (χ2v) is 6.16. The van der Waals surface area contributed by atoms with Gasteiger partial charge in [-0.05, 0) is 55.9 Å². The van der Waals surface area contributed by atoms with Crippen LogP contribution in [0.1, 0.15) is 20.3 Å². The summed E-state index contributed by atoms with van der Waals surface area (Å²) in [5, 5.41) is 0. The Bertz CT molecular complexity index is 609. The summed E-state index contributed by atoms with van der Waals surface area (Å²) in [4.78, 5) is 6.50. The van der Waals surface area contributed by atoms with Crippen molar-refractivity contribution in [2.24, 2.45) is 0 Å². The van der Waals surface area contributed by atoms with E-state index in [0.29, 0.717) is 22.0 Å². The molecule has 0 amide bonds. The molecule has 0 aliphatic heterocycles. The van der Waals surface area contributed by atoms with Gasteiger partial charge in [0.05, 0.1) is 15.5 Å². The van der Waals surface area contributed by atoms with Gasteiger partial charge in [0.1, 0.15) is 5.82 Å². The molecule has 0 saturated carbocycles. The van der Waals surface area contributed by atoms with Crippen molar-refractivity contribution in [2.75, 3.05) is 19.3 Å². The summed E-state index contributed by atoms with van der Waals surface area (Å²) in [5.41, 5.74) is 7.39. The average molecular weight is 343 g/mol. The van der Waals surface area contributed by atoms with Crippen LogP contribution in [0.25, 0.3) is 11.0 Å². The van der Waals surface area contributed by atoms with Gasteiger partial charge in [0, 0.05) is 18.7 Å². The summed E-state index contributed by atoms with van der Waals surface area (Å²) in [6, 6.07) is 3.67. The number of nitrogen functional groups attached to an aromatic ring is 1. The van der Waals surface area contributed by atoms with Gasteiger partial charge >= 0.3 is 0 Å². The number of benzene rings is 1. The van der Waals surface area contributed by atoms with Crippen LogP contribution in [0, 0.1) is 5.82 Å². The van der Waals surface area contributed by atoms with E-state index in [0.717, 1.165) is 25.0 Å². The minimum absolute atomic E-state index is 0.318. The lowest BCUT2D eigenvalue weighted by Crippen LogP contribution is -2.28. The van der Waals surface area contributed by atoms with E-state index in [1.54, 1.807) is 6.07 Å². The van der Waals surface area contributed by atoms with Crippen LogP contribution in [0.15, 0.2) is 16.6 Å². The van der Waals surface area contributed by atoms with Crippen LogP contribution in [0.2, 0.25) is 0 Å². The van der Waals surface area contributed by atoms with Crippen LogP contribution in [0.3, 0.4) is 0 Å². The largest absolute Gasteiger partial charge is 0.369 e. The van der Waals surface area contributed by atoms with Gasteiger partial charge in [-0.25, -0.2) is 9.37 Å². The Kier molecular flexibility index (Phi) is 4.65. The third-order valence-corrected chi connectivity index (χ3v) is 4.20. The third kappa shape index (κ3) is 3.12. The second-order valence-electron chi connectivity index (χ2n) is 5.30. The quantitative estimate of drug-likeness (QED) is 0.907. The first-order valence-corrected chi connectivity index (χ1v) is 7.50. The van der Waals surface area contributed by atoms with Crippen molar-refractivity contribution < 1.29 is 4.39 Å². The fourth-order valence-corrected chi connectivity index (χ4v) is 2.44. The minimum Gasteiger partial charge on any atom is -0.369 e. The second kappa shape index (κ2) is 6.10. The van der Waals surface area contributed by atoms with Crippen LogP contribution >= 0.6 is 15.9 Å². The number of hydrogen-bond acceptors (Lipinski definition) is 3. The molecule has 0 saturated heterocycles. The van der Waals surface area contributed by atoms with Crippen LogP contribution in [0.4, 0.5) is 10.3 Å². The highest BCUT2D eigenvalue weighted by Gasteiger charge is 2.12. The van der Waals surface area contributed by atoms with E-state index in [2.05, 4.69) is 46.7 Å². The monoisotopic (exact) mass is 342 g/mol. The van der Waals surface area contributed by atoms with E-state index < -0.39 is 0 Å². The number of halogens is 2. The average Bonchev–Trinajstić information content (AvgIpc) is 2.66. The van der Waals surface area contributed by atoms with Crippen molar-refractivity contribution in [1.82, 2.24) is 14.5 Å². The van der Waals surface area contributed by atoms with Crippen molar-refractivity contribution in [3.8, 4) is 0 Å². The van der Waals surface area contributed by atoms with Gasteiger partial charge in [0.15, 0.2) is 0 Å². The molecule has 0 aliphatic carbocycles. The molecular formula is C14H20BrFN4. The molecule has 2 rings (SSSR count). The van der Waals surface area contributed by atoms with E-state index in [-0.39, 0.29) is 5.82 Å². The molecule has 20 heavy (non-hydrogen) atoms. The number of rotatable bonds is 5. The Morgan fingerprint density at radius 1 is 1.45 bits per heavy atom. The third-order valence-electron chi connectivity index (χ3n) is 3.59. The van der Waals surface area contributed by atoms with E-state index in [9.17, 15) is 4.39 Å². The molecule has 2 aromatic rings. The number of fused-ring (bicyclic) bond motifs is 1. The Labute approximate surface area is 126 Å². The zero-order valence-corrected chi connectivity index (χ0v) is 13.6. The number of nitrogens with zero attached hydrogens (tertiary/aromatic N) is 3. The van der Waals surface area contributed by atoms with Gasteiger partial charge in [-0.15, -0.1) is 0 Å². The Morgan fingerprint density at radius 3 is 2.80 bits per heavy atom. The fourth-order valence-electron chi connectivity index (χ4n) is 2.11. The highest BCUT2D eigenvalue weighted by molar-refractivity contribution is 9.10. The SMILES string of the molecule is CC(C)N(C)CCCn1c(N)nc2cc(F)c(Br)cc21. The molecule has 0 spiro atoms. The lowest BCUT2D eigenvalue weighted by atomic mass is 10.3. The molecule has 4 nitrogen and oxygen atoms in total. The van der Waals surface area contributed by atoms with Crippen molar-refractivity contribution >= 4 is 32.9 Å². The molecule has 0 bridgehead atoms. The zero-order chi connectivity index (χ0) is 14.9. The van der Waals surface area contributed by atoms with Crippen molar-refractivity contribution in [3.63, 3.8) is 0 Å². The molecule has 2 N–H and O–H groups in total. The maximum atomic E-state index is 13.5. The molecular weight excluding hydrogens is 323 g/mol. The van der Waals surface area contributed by atoms with Gasteiger partial charge in [0.2, 0.25) is 5.95 Å². The number of hydrogen-bond donors (Lipinski definition) is 1.